The summed E-state index contributed by atoms with van der Waals surface area (Å²) in [5.41, 5.74) is 5.39. The maximum absolute atomic E-state index is 12.7. The van der Waals surface area contributed by atoms with Gasteiger partial charge in [0.25, 0.3) is 0 Å². The molecule has 486 valence electrons. The van der Waals surface area contributed by atoms with E-state index in [0.717, 1.165) is 109 Å². The molecule has 0 aromatic heterocycles. The lowest BCUT2D eigenvalue weighted by Gasteiger charge is -2.19. The van der Waals surface area contributed by atoms with Gasteiger partial charge in [0, 0.05) is 19.4 Å². The fraction of sp³-hybridized carbons (Fsp3) is 0.680. The topological polar surface area (TPSA) is 134 Å². The molecule has 0 heterocycles. The quantitative estimate of drug-likeness (QED) is 0.0264. The third-order valence-electron chi connectivity index (χ3n) is 14.5. The second kappa shape index (κ2) is 69.3. The van der Waals surface area contributed by atoms with Crippen molar-refractivity contribution < 1.29 is 37.6 Å². The number of allylic oxidation sites excluding steroid dienone is 22. The molecule has 0 aromatic carbocycles. The monoisotopic (exact) mass is 1200 g/mol. The third kappa shape index (κ3) is 69.1. The SMILES string of the molecule is CC/C=C\C/C=C\C/C=C\C/C=C\C/C=C\C/C=C\C/C=C\CCCCCC(=O)OC(COC(=O)CCCCCCCCCCCCCCCCCCCCCCCCCCCC/C=C\C/C=C\C/C=C\C/C=C\CC)COP(=O)(O)OCCN. The third-order valence-corrected chi connectivity index (χ3v) is 15.5. The molecule has 0 saturated heterocycles. The minimum atomic E-state index is -4.41. The standard InChI is InChI=1S/C75H128NO8P/c1-3-5-7-9-11-13-15-17-19-21-23-25-27-29-30-31-32-33-34-35-36-37-38-39-40-41-42-44-45-47-49-51-53-55-57-59-61-63-65-67-74(77)81-71-73(72-83-85(79,80)82-70-69-76)84-75(78)68-66-64-62-60-58-56-54-52-50-48-46-43-28-26-24-22-20-18-16-14-12-10-8-6-4-2/h5-8,11-14,17-20,23-26,43,46,50,52,56,58,73H,3-4,9-10,15-16,21-22,27-42,44-45,47-49,51,53-55,57,59-72,76H2,1-2H3,(H,79,80)/b7-5-,8-6-,13-11-,14-12-,19-17-,20-18-,25-23-,26-24-,46-43-,52-50-,58-56-. The van der Waals surface area contributed by atoms with Crippen LogP contribution < -0.4 is 5.73 Å². The first-order valence-electron chi connectivity index (χ1n) is 34.7. The number of phosphoric acid groups is 1. The maximum Gasteiger partial charge on any atom is 0.472 e. The summed E-state index contributed by atoms with van der Waals surface area (Å²) >= 11 is 0. The highest BCUT2D eigenvalue weighted by molar-refractivity contribution is 7.47. The number of rotatable bonds is 64. The van der Waals surface area contributed by atoms with Crippen LogP contribution in [0.2, 0.25) is 0 Å². The fourth-order valence-corrected chi connectivity index (χ4v) is 10.3. The van der Waals surface area contributed by atoms with E-state index in [9.17, 15) is 19.0 Å². The Morgan fingerprint density at radius 2 is 0.612 bits per heavy atom. The van der Waals surface area contributed by atoms with Gasteiger partial charge in [0.15, 0.2) is 6.10 Å². The Labute approximate surface area is 523 Å². The molecular weight excluding hydrogens is 1070 g/mol. The molecule has 9 nitrogen and oxygen atoms in total. The summed E-state index contributed by atoms with van der Waals surface area (Å²) in [4.78, 5) is 35.3. The van der Waals surface area contributed by atoms with Gasteiger partial charge in [-0.05, 0) is 109 Å². The first-order chi connectivity index (χ1) is 41.8. The molecule has 0 fully saturated rings. The molecule has 0 radical (unpaired) electrons. The Hall–Kier alpha value is -3.85. The molecule has 0 saturated carbocycles. The van der Waals surface area contributed by atoms with Crippen LogP contribution in [0.25, 0.3) is 0 Å². The van der Waals surface area contributed by atoms with Crippen molar-refractivity contribution in [3.8, 4) is 0 Å². The zero-order valence-electron chi connectivity index (χ0n) is 54.5. The Kier molecular flexibility index (Phi) is 66.1. The number of phosphoric ester groups is 1. The van der Waals surface area contributed by atoms with Gasteiger partial charge in [0.05, 0.1) is 13.2 Å². The summed E-state index contributed by atoms with van der Waals surface area (Å²) in [5.74, 6) is -0.864. The fourth-order valence-electron chi connectivity index (χ4n) is 9.49. The van der Waals surface area contributed by atoms with Crippen LogP contribution in [0.4, 0.5) is 0 Å². The van der Waals surface area contributed by atoms with E-state index in [0.29, 0.717) is 6.42 Å². The largest absolute Gasteiger partial charge is 0.472 e. The molecule has 3 N–H and O–H groups in total. The summed E-state index contributed by atoms with van der Waals surface area (Å²) in [6.45, 7) is 3.49. The molecule has 0 rings (SSSR count). The minimum absolute atomic E-state index is 0.0426. The number of hydrogen-bond donors (Lipinski definition) is 2. The second-order valence-electron chi connectivity index (χ2n) is 22.6. The Morgan fingerprint density at radius 3 is 0.918 bits per heavy atom. The van der Waals surface area contributed by atoms with Crippen molar-refractivity contribution >= 4 is 19.8 Å². The molecule has 0 spiro atoms. The van der Waals surface area contributed by atoms with E-state index in [1.807, 2.05) is 0 Å². The van der Waals surface area contributed by atoms with Gasteiger partial charge in [-0.25, -0.2) is 4.57 Å². The van der Waals surface area contributed by atoms with Gasteiger partial charge in [0.2, 0.25) is 0 Å². The first kappa shape index (κ1) is 81.2. The molecule has 0 aliphatic carbocycles. The summed E-state index contributed by atoms with van der Waals surface area (Å²) in [6, 6.07) is 0. The molecule has 0 aliphatic rings. The van der Waals surface area contributed by atoms with Crippen LogP contribution in [0.3, 0.4) is 0 Å². The highest BCUT2D eigenvalue weighted by Crippen LogP contribution is 2.43. The highest BCUT2D eigenvalue weighted by atomic mass is 31.2. The predicted octanol–water partition coefficient (Wildman–Crippen LogP) is 22.9. The molecule has 10 heteroatoms. The van der Waals surface area contributed by atoms with Crippen molar-refractivity contribution in [1.82, 2.24) is 0 Å². The van der Waals surface area contributed by atoms with Gasteiger partial charge >= 0.3 is 19.8 Å². The van der Waals surface area contributed by atoms with Crippen LogP contribution in [-0.2, 0) is 32.7 Å². The zero-order chi connectivity index (χ0) is 61.6. The summed E-state index contributed by atoms with van der Waals surface area (Å²) in [5, 5.41) is 0. The zero-order valence-corrected chi connectivity index (χ0v) is 55.4. The predicted molar refractivity (Wildman–Crippen MR) is 367 cm³/mol. The van der Waals surface area contributed by atoms with Crippen molar-refractivity contribution in [3.63, 3.8) is 0 Å². The summed E-state index contributed by atoms with van der Waals surface area (Å²) in [6.07, 6.45) is 98.4. The first-order valence-corrected chi connectivity index (χ1v) is 36.2. The lowest BCUT2D eigenvalue weighted by Crippen LogP contribution is -2.29. The molecule has 2 unspecified atom stereocenters. The van der Waals surface area contributed by atoms with E-state index in [4.69, 9.17) is 24.3 Å². The van der Waals surface area contributed by atoms with Gasteiger partial charge < -0.3 is 20.1 Å². The maximum atomic E-state index is 12.7. The average molecular weight is 1200 g/mol. The van der Waals surface area contributed by atoms with Gasteiger partial charge in [-0.2, -0.15) is 0 Å². The molecular formula is C75H128NO8P. The van der Waals surface area contributed by atoms with E-state index in [2.05, 4.69) is 148 Å². The van der Waals surface area contributed by atoms with Gasteiger partial charge in [-0.3, -0.25) is 18.6 Å². The van der Waals surface area contributed by atoms with E-state index in [1.165, 1.54) is 154 Å². The Balaban J connectivity index is 3.87. The number of unbranched alkanes of at least 4 members (excludes halogenated alkanes) is 29. The van der Waals surface area contributed by atoms with E-state index in [-0.39, 0.29) is 38.6 Å². The van der Waals surface area contributed by atoms with Crippen LogP contribution in [0.1, 0.15) is 296 Å². The van der Waals surface area contributed by atoms with Crippen molar-refractivity contribution in [3.05, 3.63) is 134 Å². The Bertz CT molecular complexity index is 1860. The molecule has 0 aromatic rings. The molecule has 85 heavy (non-hydrogen) atoms. The van der Waals surface area contributed by atoms with Crippen molar-refractivity contribution in [1.29, 1.82) is 0 Å². The number of esters is 2. The number of carbonyl (C=O) groups excluding carboxylic acids is 2. The van der Waals surface area contributed by atoms with E-state index in [1.54, 1.807) is 0 Å². The van der Waals surface area contributed by atoms with Crippen molar-refractivity contribution in [2.75, 3.05) is 26.4 Å². The van der Waals surface area contributed by atoms with Crippen molar-refractivity contribution in [2.45, 2.75) is 302 Å². The normalized spacial score (nSPS) is 13.8. The number of nitrogens with two attached hydrogens (primary N) is 1. The average Bonchev–Trinajstić information content (AvgIpc) is 3.52. The molecule has 0 bridgehead atoms. The molecule has 0 aliphatic heterocycles. The van der Waals surface area contributed by atoms with Gasteiger partial charge in [-0.15, -0.1) is 0 Å². The van der Waals surface area contributed by atoms with E-state index >= 15 is 0 Å². The Morgan fingerprint density at radius 1 is 0.353 bits per heavy atom. The number of carbonyl (C=O) groups is 2. The summed E-state index contributed by atoms with van der Waals surface area (Å²) < 4.78 is 33.1. The van der Waals surface area contributed by atoms with Crippen LogP contribution in [0.5, 0.6) is 0 Å². The van der Waals surface area contributed by atoms with Crippen LogP contribution in [0.15, 0.2) is 134 Å². The van der Waals surface area contributed by atoms with Crippen LogP contribution in [0, 0.1) is 0 Å². The summed E-state index contributed by atoms with van der Waals surface area (Å²) in [7, 11) is -4.41. The minimum Gasteiger partial charge on any atom is -0.462 e. The second-order valence-corrected chi connectivity index (χ2v) is 24.1. The highest BCUT2D eigenvalue weighted by Gasteiger charge is 2.26. The molecule has 0 amide bonds. The number of hydrogen-bond acceptors (Lipinski definition) is 8. The van der Waals surface area contributed by atoms with Gasteiger partial charge in [0.1, 0.15) is 6.61 Å². The lowest BCUT2D eigenvalue weighted by atomic mass is 10.0. The van der Waals surface area contributed by atoms with Crippen molar-refractivity contribution in [2.24, 2.45) is 5.73 Å². The number of ether oxygens (including phenoxy) is 2. The van der Waals surface area contributed by atoms with Gasteiger partial charge in [-0.1, -0.05) is 308 Å². The van der Waals surface area contributed by atoms with Crippen LogP contribution >= 0.6 is 7.82 Å². The lowest BCUT2D eigenvalue weighted by molar-refractivity contribution is -0.161. The smallest absolute Gasteiger partial charge is 0.462 e. The van der Waals surface area contributed by atoms with Crippen LogP contribution in [-0.4, -0.2) is 49.3 Å². The van der Waals surface area contributed by atoms with E-state index < -0.39 is 26.5 Å². The molecule has 2 atom stereocenters.